The molecule has 2 atom stereocenters. The summed E-state index contributed by atoms with van der Waals surface area (Å²) >= 11 is 0. The number of hydrogen-bond donors (Lipinski definition) is 1. The van der Waals surface area contributed by atoms with Crippen LogP contribution in [0.2, 0.25) is 0 Å². The van der Waals surface area contributed by atoms with E-state index in [1.54, 1.807) is 0 Å². The molecule has 0 heterocycles. The van der Waals surface area contributed by atoms with E-state index in [4.69, 9.17) is 0 Å². The third-order valence-electron chi connectivity index (χ3n) is 3.33. The van der Waals surface area contributed by atoms with Crippen molar-refractivity contribution in [2.24, 2.45) is 5.92 Å². The van der Waals surface area contributed by atoms with Crippen LogP contribution in [0.25, 0.3) is 0 Å². The van der Waals surface area contributed by atoms with Crippen molar-refractivity contribution in [3.05, 3.63) is 0 Å². The molecule has 1 heteroatoms. The standard InChI is InChI=1S/C12H25N/c1-4-10(2)9-11(3)13-12-7-5-6-8-12/h10-13H,4-9H2,1-3H3. The predicted molar refractivity (Wildman–Crippen MR) is 58.9 cm³/mol. The van der Waals surface area contributed by atoms with Gasteiger partial charge >= 0.3 is 0 Å². The van der Waals surface area contributed by atoms with Crippen molar-refractivity contribution in [2.75, 3.05) is 0 Å². The second kappa shape index (κ2) is 5.64. The summed E-state index contributed by atoms with van der Waals surface area (Å²) in [7, 11) is 0. The van der Waals surface area contributed by atoms with E-state index in [9.17, 15) is 0 Å². The van der Waals surface area contributed by atoms with E-state index in [-0.39, 0.29) is 0 Å². The fourth-order valence-electron chi connectivity index (χ4n) is 2.33. The van der Waals surface area contributed by atoms with E-state index in [0.717, 1.165) is 18.0 Å². The topological polar surface area (TPSA) is 12.0 Å². The summed E-state index contributed by atoms with van der Waals surface area (Å²) in [6.07, 6.45) is 8.35. The molecule has 0 aliphatic heterocycles. The second-order valence-corrected chi connectivity index (χ2v) is 4.80. The molecule has 0 amide bonds. The molecule has 78 valence electrons. The molecule has 0 bridgehead atoms. The average molecular weight is 183 g/mol. The van der Waals surface area contributed by atoms with Crippen molar-refractivity contribution >= 4 is 0 Å². The van der Waals surface area contributed by atoms with Crippen molar-refractivity contribution in [3.63, 3.8) is 0 Å². The molecule has 0 aromatic heterocycles. The molecule has 1 N–H and O–H groups in total. The quantitative estimate of drug-likeness (QED) is 0.689. The minimum absolute atomic E-state index is 0.720. The van der Waals surface area contributed by atoms with Gasteiger partial charge in [-0.25, -0.2) is 0 Å². The lowest BCUT2D eigenvalue weighted by Gasteiger charge is -2.21. The van der Waals surface area contributed by atoms with Crippen molar-refractivity contribution in [1.82, 2.24) is 5.32 Å². The summed E-state index contributed by atoms with van der Waals surface area (Å²) in [5.74, 6) is 0.879. The third-order valence-corrected chi connectivity index (χ3v) is 3.33. The van der Waals surface area contributed by atoms with Crippen LogP contribution in [0.4, 0.5) is 0 Å². The van der Waals surface area contributed by atoms with Gasteiger partial charge in [0.15, 0.2) is 0 Å². The number of nitrogens with one attached hydrogen (secondary N) is 1. The first-order valence-electron chi connectivity index (χ1n) is 5.98. The second-order valence-electron chi connectivity index (χ2n) is 4.80. The lowest BCUT2D eigenvalue weighted by molar-refractivity contribution is 0.374. The lowest BCUT2D eigenvalue weighted by Crippen LogP contribution is -2.35. The zero-order chi connectivity index (χ0) is 9.68. The van der Waals surface area contributed by atoms with Crippen LogP contribution in [0.3, 0.4) is 0 Å². The fraction of sp³-hybridized carbons (Fsp3) is 1.00. The van der Waals surface area contributed by atoms with Gasteiger partial charge in [-0.3, -0.25) is 0 Å². The molecule has 1 fully saturated rings. The van der Waals surface area contributed by atoms with E-state index in [1.807, 2.05) is 0 Å². The maximum absolute atomic E-state index is 3.74. The van der Waals surface area contributed by atoms with Crippen LogP contribution in [-0.2, 0) is 0 Å². The highest BCUT2D eigenvalue weighted by molar-refractivity contribution is 4.77. The molecular formula is C12H25N. The monoisotopic (exact) mass is 183 g/mol. The Balaban J connectivity index is 2.12. The SMILES string of the molecule is CCC(C)CC(C)NC1CCCC1. The predicted octanol–water partition coefficient (Wildman–Crippen LogP) is 3.34. The van der Waals surface area contributed by atoms with Gasteiger partial charge in [-0.2, -0.15) is 0 Å². The number of hydrogen-bond acceptors (Lipinski definition) is 1. The van der Waals surface area contributed by atoms with Crippen molar-refractivity contribution in [2.45, 2.75) is 71.4 Å². The highest BCUT2D eigenvalue weighted by atomic mass is 14.9. The molecule has 0 aromatic carbocycles. The van der Waals surface area contributed by atoms with Crippen LogP contribution in [-0.4, -0.2) is 12.1 Å². The van der Waals surface area contributed by atoms with Crippen LogP contribution in [0.1, 0.15) is 59.3 Å². The summed E-state index contributed by atoms with van der Waals surface area (Å²) in [6, 6.07) is 1.55. The highest BCUT2D eigenvalue weighted by Crippen LogP contribution is 2.19. The molecule has 1 aliphatic rings. The average Bonchev–Trinajstić information content (AvgIpc) is 2.56. The molecule has 0 radical (unpaired) electrons. The zero-order valence-electron chi connectivity index (χ0n) is 9.47. The Bertz CT molecular complexity index is 127. The van der Waals surface area contributed by atoms with Gasteiger partial charge in [0.05, 0.1) is 0 Å². The first-order chi connectivity index (χ1) is 6.22. The maximum atomic E-state index is 3.74. The van der Waals surface area contributed by atoms with Gasteiger partial charge < -0.3 is 5.32 Å². The smallest absolute Gasteiger partial charge is 0.00695 e. The van der Waals surface area contributed by atoms with Gasteiger partial charge in [0.2, 0.25) is 0 Å². The molecule has 1 rings (SSSR count). The van der Waals surface area contributed by atoms with E-state index in [2.05, 4.69) is 26.1 Å². The largest absolute Gasteiger partial charge is 0.311 e. The van der Waals surface area contributed by atoms with Crippen LogP contribution in [0.5, 0.6) is 0 Å². The van der Waals surface area contributed by atoms with Gasteiger partial charge in [-0.15, -0.1) is 0 Å². The molecule has 2 unspecified atom stereocenters. The van der Waals surface area contributed by atoms with Gasteiger partial charge in [-0.05, 0) is 32.1 Å². The Labute approximate surface area is 83.3 Å². The van der Waals surface area contributed by atoms with Crippen LogP contribution in [0, 0.1) is 5.92 Å². The zero-order valence-corrected chi connectivity index (χ0v) is 9.47. The summed E-state index contributed by atoms with van der Waals surface area (Å²) in [5.41, 5.74) is 0. The summed E-state index contributed by atoms with van der Waals surface area (Å²) < 4.78 is 0. The Kier molecular flexibility index (Phi) is 4.79. The summed E-state index contributed by atoms with van der Waals surface area (Å²) in [6.45, 7) is 6.98. The molecule has 1 saturated carbocycles. The first kappa shape index (κ1) is 11.0. The van der Waals surface area contributed by atoms with E-state index >= 15 is 0 Å². The Hall–Kier alpha value is -0.0400. The molecule has 1 nitrogen and oxygen atoms in total. The van der Waals surface area contributed by atoms with Crippen LogP contribution in [0.15, 0.2) is 0 Å². The van der Waals surface area contributed by atoms with Crippen LogP contribution >= 0.6 is 0 Å². The van der Waals surface area contributed by atoms with Gasteiger partial charge in [0.25, 0.3) is 0 Å². The van der Waals surface area contributed by atoms with Gasteiger partial charge in [0, 0.05) is 12.1 Å². The van der Waals surface area contributed by atoms with Gasteiger partial charge in [0.1, 0.15) is 0 Å². The minimum Gasteiger partial charge on any atom is -0.311 e. The third kappa shape index (κ3) is 4.12. The Morgan fingerprint density at radius 2 is 1.85 bits per heavy atom. The van der Waals surface area contributed by atoms with E-state index < -0.39 is 0 Å². The number of rotatable bonds is 5. The van der Waals surface area contributed by atoms with Crippen LogP contribution < -0.4 is 5.32 Å². The molecule has 1 aliphatic carbocycles. The highest BCUT2D eigenvalue weighted by Gasteiger charge is 2.17. The Morgan fingerprint density at radius 1 is 1.23 bits per heavy atom. The van der Waals surface area contributed by atoms with E-state index in [1.165, 1.54) is 38.5 Å². The van der Waals surface area contributed by atoms with E-state index in [0.29, 0.717) is 0 Å². The molecular weight excluding hydrogens is 158 g/mol. The fourth-order valence-corrected chi connectivity index (χ4v) is 2.33. The maximum Gasteiger partial charge on any atom is 0.00695 e. The van der Waals surface area contributed by atoms with Crippen molar-refractivity contribution in [3.8, 4) is 0 Å². The normalized spacial score (nSPS) is 23.3. The minimum atomic E-state index is 0.720. The summed E-state index contributed by atoms with van der Waals surface area (Å²) in [4.78, 5) is 0. The first-order valence-corrected chi connectivity index (χ1v) is 5.98. The lowest BCUT2D eigenvalue weighted by atomic mass is 10.00. The molecule has 0 spiro atoms. The van der Waals surface area contributed by atoms with Crippen molar-refractivity contribution < 1.29 is 0 Å². The van der Waals surface area contributed by atoms with Crippen molar-refractivity contribution in [1.29, 1.82) is 0 Å². The molecule has 13 heavy (non-hydrogen) atoms. The molecule has 0 saturated heterocycles. The molecule has 0 aromatic rings. The Morgan fingerprint density at radius 3 is 2.38 bits per heavy atom. The summed E-state index contributed by atoms with van der Waals surface area (Å²) in [5, 5.41) is 3.74. The van der Waals surface area contributed by atoms with Gasteiger partial charge in [-0.1, -0.05) is 33.1 Å².